The minimum absolute atomic E-state index is 0.0508. The van der Waals surface area contributed by atoms with Gasteiger partial charge in [-0.15, -0.1) is 0 Å². The number of carbonyl (C=O) groups is 2. The van der Waals surface area contributed by atoms with Crippen molar-refractivity contribution in [2.24, 2.45) is 40.9 Å². The van der Waals surface area contributed by atoms with Gasteiger partial charge in [-0.2, -0.15) is 0 Å². The summed E-state index contributed by atoms with van der Waals surface area (Å²) in [6.07, 6.45) is 29.4. The number of hydrogen-bond donors (Lipinski definition) is 1. The minimum Gasteiger partial charge on any atom is -0.465 e. The molecule has 0 aromatic heterocycles. The lowest BCUT2D eigenvalue weighted by Crippen LogP contribution is -2.50. The molecule has 9 atom stereocenters. The summed E-state index contributed by atoms with van der Waals surface area (Å²) in [7, 11) is 0. The van der Waals surface area contributed by atoms with Crippen LogP contribution in [0.1, 0.15) is 137 Å². The van der Waals surface area contributed by atoms with E-state index in [1.165, 1.54) is 44.1 Å². The number of fused-ring (bicyclic) bond motifs is 3. The molecule has 0 saturated heterocycles. The van der Waals surface area contributed by atoms with Crippen molar-refractivity contribution in [1.29, 1.82) is 0 Å². The Morgan fingerprint density at radius 1 is 0.979 bits per heavy atom. The van der Waals surface area contributed by atoms with Crippen molar-refractivity contribution < 1.29 is 24.2 Å². The minimum atomic E-state index is -0.458. The molecule has 1 N–H and O–H groups in total. The second-order valence-electron chi connectivity index (χ2n) is 15.7. The van der Waals surface area contributed by atoms with E-state index in [2.05, 4.69) is 46.9 Å². The zero-order chi connectivity index (χ0) is 34.9. The molecule has 3 rings (SSSR count). The number of esters is 2. The van der Waals surface area contributed by atoms with E-state index >= 15 is 0 Å². The van der Waals surface area contributed by atoms with Crippen LogP contribution in [0.25, 0.3) is 0 Å². The van der Waals surface area contributed by atoms with Crippen LogP contribution in [0.15, 0.2) is 61.3 Å². The number of aliphatic hydroxyl groups excluding tert-OH is 1. The van der Waals surface area contributed by atoms with Gasteiger partial charge in [0.25, 0.3) is 0 Å². The van der Waals surface area contributed by atoms with Crippen LogP contribution in [-0.2, 0) is 19.1 Å². The van der Waals surface area contributed by atoms with E-state index in [0.29, 0.717) is 49.0 Å². The van der Waals surface area contributed by atoms with Crippen molar-refractivity contribution in [1.82, 2.24) is 0 Å². The van der Waals surface area contributed by atoms with Crippen molar-refractivity contribution in [3.8, 4) is 0 Å². The van der Waals surface area contributed by atoms with Gasteiger partial charge in [-0.25, -0.2) is 0 Å². The highest BCUT2D eigenvalue weighted by Gasteiger charge is 2.51. The molecule has 0 bridgehead atoms. The Bertz CT molecular complexity index is 1100. The van der Waals surface area contributed by atoms with Crippen LogP contribution in [0.3, 0.4) is 0 Å². The number of unbranched alkanes of at least 4 members (excludes halogenated alkanes) is 2. The van der Waals surface area contributed by atoms with E-state index in [9.17, 15) is 14.7 Å². The first-order chi connectivity index (χ1) is 23.1. The second kappa shape index (κ2) is 21.0. The zero-order valence-electron chi connectivity index (χ0n) is 30.9. The standard InChI is InChI=1S/C43H68O5/c1-7-9-11-13-15-23-41(45)47-31-32(3)19-17-20-33(4)37-22-18-21-35-29-40(44)39-30-36(48-42(46)24-16-14-12-10-8-2)27-28-43(39,6)38(35)26-25-34(37)5/h7-12,29,32-34,36-40,44H,1-2,13-28,30-31H2,3-6H3/b11-9+,12-10+/t32?,33-,34+,36+,37-,38+,39?,40+,43-/m1/s1. The highest BCUT2D eigenvalue weighted by Crippen LogP contribution is 2.57. The summed E-state index contributed by atoms with van der Waals surface area (Å²) < 4.78 is 11.5. The maximum Gasteiger partial charge on any atom is 0.306 e. The molecule has 5 heteroatoms. The average Bonchev–Trinajstić information content (AvgIpc) is 3.13. The van der Waals surface area contributed by atoms with Crippen LogP contribution >= 0.6 is 0 Å². The molecule has 3 aliphatic carbocycles. The molecule has 0 aromatic rings. The number of carbonyl (C=O) groups excluding carboxylic acids is 2. The zero-order valence-corrected chi connectivity index (χ0v) is 30.9. The van der Waals surface area contributed by atoms with Crippen molar-refractivity contribution in [3.63, 3.8) is 0 Å². The average molecular weight is 665 g/mol. The van der Waals surface area contributed by atoms with Crippen LogP contribution < -0.4 is 0 Å². The van der Waals surface area contributed by atoms with Crippen LogP contribution in [-0.4, -0.2) is 35.9 Å². The Morgan fingerprint density at radius 2 is 1.67 bits per heavy atom. The summed E-state index contributed by atoms with van der Waals surface area (Å²) >= 11 is 0. The quantitative estimate of drug-likeness (QED) is 0.0683. The number of aliphatic hydroxyl groups is 1. The van der Waals surface area contributed by atoms with Gasteiger partial charge in [0.05, 0.1) is 12.7 Å². The first kappa shape index (κ1) is 40.0. The van der Waals surface area contributed by atoms with E-state index in [-0.39, 0.29) is 29.4 Å². The van der Waals surface area contributed by atoms with Crippen molar-refractivity contribution in [3.05, 3.63) is 61.3 Å². The summed E-state index contributed by atoms with van der Waals surface area (Å²) in [6, 6.07) is 0. The largest absolute Gasteiger partial charge is 0.465 e. The van der Waals surface area contributed by atoms with Gasteiger partial charge < -0.3 is 14.6 Å². The molecule has 48 heavy (non-hydrogen) atoms. The number of hydrogen-bond acceptors (Lipinski definition) is 5. The monoisotopic (exact) mass is 665 g/mol. The number of rotatable bonds is 18. The molecule has 2 unspecified atom stereocenters. The van der Waals surface area contributed by atoms with Crippen LogP contribution in [0.5, 0.6) is 0 Å². The fourth-order valence-electron chi connectivity index (χ4n) is 9.11. The molecule has 0 radical (unpaired) electrons. The van der Waals surface area contributed by atoms with E-state index < -0.39 is 6.10 Å². The summed E-state index contributed by atoms with van der Waals surface area (Å²) in [5.41, 5.74) is 1.54. The lowest BCUT2D eigenvalue weighted by molar-refractivity contribution is -0.157. The lowest BCUT2D eigenvalue weighted by atomic mass is 9.53. The van der Waals surface area contributed by atoms with E-state index in [0.717, 1.165) is 57.8 Å². The van der Waals surface area contributed by atoms with Crippen molar-refractivity contribution in [2.75, 3.05) is 6.61 Å². The van der Waals surface area contributed by atoms with Gasteiger partial charge in [-0.05, 0) is 124 Å². The van der Waals surface area contributed by atoms with Crippen molar-refractivity contribution in [2.45, 2.75) is 149 Å². The molecule has 0 aromatic carbocycles. The molecule has 0 aliphatic heterocycles. The molecule has 2 fully saturated rings. The smallest absolute Gasteiger partial charge is 0.306 e. The fourth-order valence-corrected chi connectivity index (χ4v) is 9.11. The molecule has 5 nitrogen and oxygen atoms in total. The molecule has 0 amide bonds. The van der Waals surface area contributed by atoms with Crippen molar-refractivity contribution >= 4 is 11.9 Å². The molecular weight excluding hydrogens is 596 g/mol. The Labute approximate surface area is 293 Å². The highest BCUT2D eigenvalue weighted by molar-refractivity contribution is 5.69. The lowest BCUT2D eigenvalue weighted by Gasteiger charge is -2.54. The summed E-state index contributed by atoms with van der Waals surface area (Å²) in [5.74, 6) is 2.90. The van der Waals surface area contributed by atoms with Crippen LogP contribution in [0, 0.1) is 40.9 Å². The summed E-state index contributed by atoms with van der Waals surface area (Å²) in [5, 5.41) is 11.4. The van der Waals surface area contributed by atoms with E-state index in [4.69, 9.17) is 9.47 Å². The Kier molecular flexibility index (Phi) is 17.5. The SMILES string of the molecule is C=C/C=C/CCCC(=O)OCC(C)CCC[C@@H](C)[C@H]1CCCC2=C[C@H](O)C3C[C@@H](OC(=O)CCC/C=C/C=C)CC[C@]3(C)[C@H]2CC[C@@H]1C. The van der Waals surface area contributed by atoms with Gasteiger partial charge in [0, 0.05) is 12.8 Å². The topological polar surface area (TPSA) is 72.8 Å². The van der Waals surface area contributed by atoms with Gasteiger partial charge in [-0.3, -0.25) is 9.59 Å². The van der Waals surface area contributed by atoms with Gasteiger partial charge in [0.1, 0.15) is 6.10 Å². The van der Waals surface area contributed by atoms with E-state index in [1.807, 2.05) is 24.3 Å². The van der Waals surface area contributed by atoms with Gasteiger partial charge in [0.2, 0.25) is 0 Å². The fraction of sp³-hybridized carbons (Fsp3) is 0.721. The molecule has 3 aliphatic rings. The first-order valence-electron chi connectivity index (χ1n) is 19.4. The maximum absolute atomic E-state index is 12.6. The molecule has 2 saturated carbocycles. The molecule has 0 heterocycles. The van der Waals surface area contributed by atoms with Crippen LogP contribution in [0.2, 0.25) is 0 Å². The maximum atomic E-state index is 12.6. The third kappa shape index (κ3) is 12.5. The van der Waals surface area contributed by atoms with Gasteiger partial charge >= 0.3 is 11.9 Å². The molecule has 0 spiro atoms. The Hall–Kier alpha value is -2.40. The predicted molar refractivity (Wildman–Crippen MR) is 198 cm³/mol. The first-order valence-corrected chi connectivity index (χ1v) is 19.4. The third-order valence-corrected chi connectivity index (χ3v) is 12.0. The normalized spacial score (nSPS) is 30.6. The van der Waals surface area contributed by atoms with Crippen LogP contribution in [0.4, 0.5) is 0 Å². The van der Waals surface area contributed by atoms with Gasteiger partial charge in [-0.1, -0.05) is 102 Å². The second-order valence-corrected chi connectivity index (χ2v) is 15.7. The number of allylic oxidation sites excluding steroid dienone is 7. The molecular formula is C43H68O5. The Morgan fingerprint density at radius 3 is 2.35 bits per heavy atom. The Balaban J connectivity index is 1.46. The highest BCUT2D eigenvalue weighted by atomic mass is 16.5. The van der Waals surface area contributed by atoms with Gasteiger partial charge in [0.15, 0.2) is 0 Å². The molecule has 270 valence electrons. The summed E-state index contributed by atoms with van der Waals surface area (Å²) in [4.78, 5) is 24.7. The predicted octanol–water partition coefficient (Wildman–Crippen LogP) is 10.6. The third-order valence-electron chi connectivity index (χ3n) is 12.0. The van der Waals surface area contributed by atoms with E-state index in [1.54, 1.807) is 12.2 Å². The summed E-state index contributed by atoms with van der Waals surface area (Å²) in [6.45, 7) is 17.4. The number of ether oxygens (including phenoxy) is 2.